The van der Waals surface area contributed by atoms with Crippen LogP contribution in [-0.2, 0) is 10.9 Å². The van der Waals surface area contributed by atoms with Gasteiger partial charge in [-0.05, 0) is 32.9 Å². The Kier molecular flexibility index (Phi) is 5.42. The molecule has 0 spiro atoms. The van der Waals surface area contributed by atoms with Crippen molar-refractivity contribution in [1.82, 2.24) is 0 Å². The lowest BCUT2D eigenvalue weighted by Crippen LogP contribution is -2.28. The van der Waals surface area contributed by atoms with E-state index in [9.17, 15) is 23.1 Å². The predicted octanol–water partition coefficient (Wildman–Crippen LogP) is 3.04. The summed E-state index contributed by atoms with van der Waals surface area (Å²) in [7, 11) is 0. The highest BCUT2D eigenvalue weighted by Crippen LogP contribution is 2.34. The maximum atomic E-state index is 12.8. The normalized spacial score (nSPS) is 13.6. The van der Waals surface area contributed by atoms with Crippen molar-refractivity contribution in [1.29, 1.82) is 0 Å². The third kappa shape index (κ3) is 5.19. The van der Waals surface area contributed by atoms with Crippen LogP contribution in [0.25, 0.3) is 0 Å². The largest absolute Gasteiger partial charge is 0.444 e. The van der Waals surface area contributed by atoms with Crippen molar-refractivity contribution < 1.29 is 27.8 Å². The van der Waals surface area contributed by atoms with Gasteiger partial charge in [0.2, 0.25) is 0 Å². The molecule has 0 radical (unpaired) electrons. The fourth-order valence-electron chi connectivity index (χ4n) is 1.67. The van der Waals surface area contributed by atoms with Gasteiger partial charge >= 0.3 is 12.3 Å². The molecular formula is C14H19F3N2O3. The summed E-state index contributed by atoms with van der Waals surface area (Å²) in [5, 5.41) is 12.0. The van der Waals surface area contributed by atoms with Crippen LogP contribution in [0.5, 0.6) is 0 Å². The number of nitrogens with one attached hydrogen (secondary N) is 1. The average molecular weight is 320 g/mol. The molecule has 0 saturated heterocycles. The molecule has 1 atom stereocenters. The fraction of sp³-hybridized carbons (Fsp3) is 0.500. The first-order valence-electron chi connectivity index (χ1n) is 6.53. The Balaban J connectivity index is 3.14. The summed E-state index contributed by atoms with van der Waals surface area (Å²) < 4.78 is 43.3. The number of rotatable bonds is 3. The number of hydrogen-bond acceptors (Lipinski definition) is 4. The molecule has 1 aromatic carbocycles. The van der Waals surface area contributed by atoms with Crippen LogP contribution in [0.4, 0.5) is 23.7 Å². The molecule has 1 amide bonds. The summed E-state index contributed by atoms with van der Waals surface area (Å²) in [6.45, 7) is 4.66. The second-order valence-corrected chi connectivity index (χ2v) is 5.68. The highest BCUT2D eigenvalue weighted by atomic mass is 19.4. The highest BCUT2D eigenvalue weighted by Gasteiger charge is 2.32. The summed E-state index contributed by atoms with van der Waals surface area (Å²) in [5.74, 6) is 0. The quantitative estimate of drug-likeness (QED) is 0.799. The summed E-state index contributed by atoms with van der Waals surface area (Å²) >= 11 is 0. The van der Waals surface area contributed by atoms with Crippen LogP contribution < -0.4 is 11.1 Å². The molecule has 1 rings (SSSR count). The Morgan fingerprint density at radius 2 is 1.95 bits per heavy atom. The number of alkyl halides is 3. The summed E-state index contributed by atoms with van der Waals surface area (Å²) in [6, 6.07) is 2.62. The van der Waals surface area contributed by atoms with Crippen molar-refractivity contribution in [3.05, 3.63) is 29.3 Å². The minimum absolute atomic E-state index is 0.0846. The molecule has 5 nitrogen and oxygen atoms in total. The van der Waals surface area contributed by atoms with Crippen LogP contribution >= 0.6 is 0 Å². The van der Waals surface area contributed by atoms with Gasteiger partial charge in [0.05, 0.1) is 17.4 Å². The van der Waals surface area contributed by atoms with E-state index in [0.717, 1.165) is 18.2 Å². The van der Waals surface area contributed by atoms with Crippen molar-refractivity contribution >= 4 is 11.8 Å². The number of halogens is 3. The second kappa shape index (κ2) is 6.53. The van der Waals surface area contributed by atoms with Crippen molar-refractivity contribution in [3.63, 3.8) is 0 Å². The Morgan fingerprint density at radius 3 is 2.41 bits per heavy atom. The number of aliphatic hydroxyl groups is 1. The number of anilines is 1. The minimum atomic E-state index is -4.57. The van der Waals surface area contributed by atoms with Crippen molar-refractivity contribution in [2.24, 2.45) is 5.73 Å². The van der Waals surface area contributed by atoms with Gasteiger partial charge < -0.3 is 15.6 Å². The van der Waals surface area contributed by atoms with Gasteiger partial charge in [0.15, 0.2) is 0 Å². The molecule has 0 unspecified atom stereocenters. The SMILES string of the molecule is CC(C)(C)OC(=O)Nc1cc(C(F)(F)F)ccc1[C@@H](O)CN. The molecule has 0 aliphatic carbocycles. The highest BCUT2D eigenvalue weighted by molar-refractivity contribution is 5.86. The molecule has 0 aliphatic heterocycles. The molecule has 0 aromatic heterocycles. The molecular weight excluding hydrogens is 301 g/mol. The molecule has 1 aromatic rings. The number of aliphatic hydroxyl groups excluding tert-OH is 1. The van der Waals surface area contributed by atoms with Crippen LogP contribution in [0.2, 0.25) is 0 Å². The smallest absolute Gasteiger partial charge is 0.416 e. The van der Waals surface area contributed by atoms with Gasteiger partial charge in [-0.25, -0.2) is 4.79 Å². The van der Waals surface area contributed by atoms with Crippen molar-refractivity contribution in [3.8, 4) is 0 Å². The first-order valence-corrected chi connectivity index (χ1v) is 6.53. The Labute approximate surface area is 126 Å². The summed E-state index contributed by atoms with van der Waals surface area (Å²) in [6.07, 6.45) is -6.69. The number of amides is 1. The standard InChI is InChI=1S/C14H19F3N2O3/c1-13(2,3)22-12(21)19-10-6-8(14(15,16)17)4-5-9(10)11(20)7-18/h4-6,11,20H,7,18H2,1-3H3,(H,19,21)/t11-/m0/s1. The zero-order valence-electron chi connectivity index (χ0n) is 12.5. The van der Waals surface area contributed by atoms with Gasteiger partial charge in [-0.15, -0.1) is 0 Å². The molecule has 0 aliphatic rings. The average Bonchev–Trinajstić information content (AvgIpc) is 2.34. The second-order valence-electron chi connectivity index (χ2n) is 5.68. The van der Waals surface area contributed by atoms with Crippen LogP contribution in [0.1, 0.15) is 38.0 Å². The molecule has 0 saturated carbocycles. The zero-order valence-corrected chi connectivity index (χ0v) is 12.5. The first-order chi connectivity index (χ1) is 9.94. The van der Waals surface area contributed by atoms with Crippen LogP contribution in [-0.4, -0.2) is 23.3 Å². The fourth-order valence-corrected chi connectivity index (χ4v) is 1.67. The van der Waals surface area contributed by atoms with Gasteiger partial charge in [0.1, 0.15) is 5.60 Å². The monoisotopic (exact) mass is 320 g/mol. The molecule has 0 bridgehead atoms. The lowest BCUT2D eigenvalue weighted by atomic mass is 10.0. The van der Waals surface area contributed by atoms with E-state index in [2.05, 4.69) is 5.32 Å². The third-order valence-electron chi connectivity index (χ3n) is 2.60. The number of carbonyl (C=O) groups excluding carboxylic acids is 1. The maximum Gasteiger partial charge on any atom is 0.416 e. The van der Waals surface area contributed by atoms with E-state index < -0.39 is 29.5 Å². The van der Waals surface area contributed by atoms with Gasteiger partial charge in [-0.2, -0.15) is 13.2 Å². The van der Waals surface area contributed by atoms with Crippen LogP contribution in [0.15, 0.2) is 18.2 Å². The van der Waals surface area contributed by atoms with Crippen molar-refractivity contribution in [2.75, 3.05) is 11.9 Å². The molecule has 124 valence electrons. The number of nitrogens with two attached hydrogens (primary N) is 1. The first kappa shape index (κ1) is 18.2. The maximum absolute atomic E-state index is 12.8. The molecule has 0 heterocycles. The number of ether oxygens (including phenoxy) is 1. The van der Waals surface area contributed by atoms with E-state index in [1.807, 2.05) is 0 Å². The van der Waals surface area contributed by atoms with E-state index >= 15 is 0 Å². The number of hydrogen-bond donors (Lipinski definition) is 3. The summed E-state index contributed by atoms with van der Waals surface area (Å²) in [5.41, 5.74) is 3.45. The van der Waals surface area contributed by atoms with E-state index in [1.165, 1.54) is 0 Å². The molecule has 4 N–H and O–H groups in total. The van der Waals surface area contributed by atoms with Crippen molar-refractivity contribution in [2.45, 2.75) is 38.7 Å². The lowest BCUT2D eigenvalue weighted by Gasteiger charge is -2.22. The summed E-state index contributed by atoms with van der Waals surface area (Å²) in [4.78, 5) is 11.7. The molecule has 8 heteroatoms. The van der Waals surface area contributed by atoms with E-state index in [0.29, 0.717) is 0 Å². The Hall–Kier alpha value is -1.80. The van der Waals surface area contributed by atoms with Gasteiger partial charge in [0.25, 0.3) is 0 Å². The van der Waals surface area contributed by atoms with Gasteiger partial charge in [0, 0.05) is 12.1 Å². The number of carbonyl (C=O) groups is 1. The minimum Gasteiger partial charge on any atom is -0.444 e. The Morgan fingerprint density at radius 1 is 1.36 bits per heavy atom. The van der Waals surface area contributed by atoms with E-state index in [-0.39, 0.29) is 17.8 Å². The van der Waals surface area contributed by atoms with E-state index in [1.54, 1.807) is 20.8 Å². The lowest BCUT2D eigenvalue weighted by molar-refractivity contribution is -0.137. The van der Waals surface area contributed by atoms with Crippen LogP contribution in [0, 0.1) is 0 Å². The zero-order chi connectivity index (χ0) is 17.1. The third-order valence-corrected chi connectivity index (χ3v) is 2.60. The van der Waals surface area contributed by atoms with Crippen LogP contribution in [0.3, 0.4) is 0 Å². The Bertz CT molecular complexity index is 539. The van der Waals surface area contributed by atoms with Gasteiger partial charge in [-0.1, -0.05) is 6.07 Å². The molecule has 22 heavy (non-hydrogen) atoms. The topological polar surface area (TPSA) is 84.6 Å². The van der Waals surface area contributed by atoms with Gasteiger partial charge in [-0.3, -0.25) is 5.32 Å². The molecule has 0 fully saturated rings. The predicted molar refractivity (Wildman–Crippen MR) is 75.3 cm³/mol. The number of benzene rings is 1. The van der Waals surface area contributed by atoms with E-state index in [4.69, 9.17) is 10.5 Å².